The highest BCUT2D eigenvalue weighted by Gasteiger charge is 2.17. The van der Waals surface area contributed by atoms with Gasteiger partial charge in [-0.15, -0.1) is 0 Å². The maximum absolute atomic E-state index is 13.6. The molecule has 0 aliphatic heterocycles. The summed E-state index contributed by atoms with van der Waals surface area (Å²) in [6.45, 7) is 0. The molecule has 3 rings (SSSR count). The highest BCUT2D eigenvalue weighted by molar-refractivity contribution is 5.98. The van der Waals surface area contributed by atoms with Gasteiger partial charge in [-0.05, 0) is 48.7 Å². The van der Waals surface area contributed by atoms with E-state index in [1.807, 2.05) is 6.07 Å². The van der Waals surface area contributed by atoms with Crippen molar-refractivity contribution < 1.29 is 13.6 Å². The van der Waals surface area contributed by atoms with Crippen molar-refractivity contribution >= 4 is 17.2 Å². The molecule has 0 radical (unpaired) electrons. The summed E-state index contributed by atoms with van der Waals surface area (Å²) in [4.78, 5) is 11.7. The molecule has 0 fully saturated rings. The van der Waals surface area contributed by atoms with E-state index >= 15 is 0 Å². The van der Waals surface area contributed by atoms with E-state index in [1.54, 1.807) is 12.1 Å². The third-order valence-corrected chi connectivity index (χ3v) is 3.47. The number of hydrogen-bond acceptors (Lipinski definition) is 2. The first-order valence-corrected chi connectivity index (χ1v) is 6.52. The van der Waals surface area contributed by atoms with Crippen LogP contribution in [0.1, 0.15) is 28.8 Å². The minimum Gasteiger partial charge on any atom is -0.353 e. The van der Waals surface area contributed by atoms with Gasteiger partial charge in [-0.3, -0.25) is 4.79 Å². The standard InChI is InChI=1S/C16H13F2NO/c17-11-4-7-15(14(18)9-11)19-12-5-6-13-10(8-12)2-1-3-16(13)20/h4-9,19H,1-3H2. The van der Waals surface area contributed by atoms with Crippen LogP contribution in [0.2, 0.25) is 0 Å². The molecule has 0 amide bonds. The molecule has 1 N–H and O–H groups in total. The molecular formula is C16H13F2NO. The minimum absolute atomic E-state index is 0.158. The summed E-state index contributed by atoms with van der Waals surface area (Å²) < 4.78 is 26.4. The van der Waals surface area contributed by atoms with Crippen molar-refractivity contribution in [2.75, 3.05) is 5.32 Å². The van der Waals surface area contributed by atoms with Gasteiger partial charge in [0, 0.05) is 23.7 Å². The number of anilines is 2. The van der Waals surface area contributed by atoms with Gasteiger partial charge in [0.2, 0.25) is 0 Å². The Labute approximate surface area is 115 Å². The summed E-state index contributed by atoms with van der Waals surface area (Å²) in [6.07, 6.45) is 2.29. The van der Waals surface area contributed by atoms with Crippen LogP contribution >= 0.6 is 0 Å². The van der Waals surface area contributed by atoms with Gasteiger partial charge in [0.25, 0.3) is 0 Å². The van der Waals surface area contributed by atoms with Crippen LogP contribution in [0.25, 0.3) is 0 Å². The molecule has 102 valence electrons. The number of fused-ring (bicyclic) bond motifs is 1. The molecule has 1 aliphatic carbocycles. The maximum atomic E-state index is 13.6. The van der Waals surface area contributed by atoms with Crippen molar-refractivity contribution in [2.45, 2.75) is 19.3 Å². The Morgan fingerprint density at radius 2 is 1.85 bits per heavy atom. The Hall–Kier alpha value is -2.23. The van der Waals surface area contributed by atoms with Crippen molar-refractivity contribution in [3.05, 3.63) is 59.2 Å². The third-order valence-electron chi connectivity index (χ3n) is 3.47. The summed E-state index contributed by atoms with van der Waals surface area (Å²) in [5.41, 5.74) is 2.65. The van der Waals surface area contributed by atoms with Gasteiger partial charge >= 0.3 is 0 Å². The monoisotopic (exact) mass is 273 g/mol. The fraction of sp³-hybridized carbons (Fsp3) is 0.188. The summed E-state index contributed by atoms with van der Waals surface area (Å²) in [5, 5.41) is 2.91. The van der Waals surface area contributed by atoms with Crippen LogP contribution < -0.4 is 5.32 Å². The van der Waals surface area contributed by atoms with Gasteiger partial charge < -0.3 is 5.32 Å². The van der Waals surface area contributed by atoms with E-state index < -0.39 is 11.6 Å². The molecule has 0 spiro atoms. The summed E-state index contributed by atoms with van der Waals surface area (Å²) >= 11 is 0. The number of carbonyl (C=O) groups is 1. The molecule has 0 atom stereocenters. The lowest BCUT2D eigenvalue weighted by molar-refractivity contribution is 0.0972. The second-order valence-corrected chi connectivity index (χ2v) is 4.90. The molecular weight excluding hydrogens is 260 g/mol. The third kappa shape index (κ3) is 2.41. The molecule has 0 bridgehead atoms. The number of ketones is 1. The summed E-state index contributed by atoms with van der Waals surface area (Å²) in [7, 11) is 0. The smallest absolute Gasteiger partial charge is 0.163 e. The van der Waals surface area contributed by atoms with Crippen molar-refractivity contribution in [1.82, 2.24) is 0 Å². The lowest BCUT2D eigenvalue weighted by atomic mass is 9.90. The molecule has 2 nitrogen and oxygen atoms in total. The quantitative estimate of drug-likeness (QED) is 0.887. The van der Waals surface area contributed by atoms with Gasteiger partial charge in [-0.25, -0.2) is 8.78 Å². The largest absolute Gasteiger partial charge is 0.353 e. The Bertz CT molecular complexity index is 682. The first-order valence-electron chi connectivity index (χ1n) is 6.52. The number of benzene rings is 2. The van der Waals surface area contributed by atoms with Crippen molar-refractivity contribution in [1.29, 1.82) is 0 Å². The Balaban J connectivity index is 1.90. The Morgan fingerprint density at radius 1 is 1.00 bits per heavy atom. The number of Topliss-reactive ketones (excluding diaryl/α,β-unsaturated/α-hetero) is 1. The van der Waals surface area contributed by atoms with Gasteiger partial charge in [0.05, 0.1) is 5.69 Å². The molecule has 0 aromatic heterocycles. The summed E-state index contributed by atoms with van der Waals surface area (Å²) in [5.74, 6) is -1.09. The van der Waals surface area contributed by atoms with E-state index in [4.69, 9.17) is 0 Å². The van der Waals surface area contributed by atoms with Crippen molar-refractivity contribution in [3.63, 3.8) is 0 Å². The zero-order valence-corrected chi connectivity index (χ0v) is 10.7. The number of rotatable bonds is 2. The molecule has 1 aliphatic rings. The van der Waals surface area contributed by atoms with Gasteiger partial charge in [-0.2, -0.15) is 0 Å². The van der Waals surface area contributed by atoms with E-state index in [1.165, 1.54) is 12.1 Å². The highest BCUT2D eigenvalue weighted by Crippen LogP contribution is 2.27. The number of nitrogens with one attached hydrogen (secondary N) is 1. The van der Waals surface area contributed by atoms with Crippen LogP contribution in [-0.2, 0) is 6.42 Å². The highest BCUT2D eigenvalue weighted by atomic mass is 19.1. The summed E-state index contributed by atoms with van der Waals surface area (Å²) in [6, 6.07) is 8.76. The molecule has 0 saturated carbocycles. The van der Waals surface area contributed by atoms with Crippen molar-refractivity contribution in [2.24, 2.45) is 0 Å². The molecule has 2 aromatic rings. The Kier molecular flexibility index (Phi) is 3.22. The average molecular weight is 273 g/mol. The van der Waals surface area contributed by atoms with Crippen LogP contribution in [0.3, 0.4) is 0 Å². The lowest BCUT2D eigenvalue weighted by Crippen LogP contribution is -2.10. The van der Waals surface area contributed by atoms with E-state index in [0.717, 1.165) is 30.0 Å². The van der Waals surface area contributed by atoms with Crippen LogP contribution in [0.4, 0.5) is 20.2 Å². The minimum atomic E-state index is -0.640. The van der Waals surface area contributed by atoms with Gasteiger partial charge in [-0.1, -0.05) is 0 Å². The van der Waals surface area contributed by atoms with E-state index in [-0.39, 0.29) is 11.5 Å². The van der Waals surface area contributed by atoms with E-state index in [9.17, 15) is 13.6 Å². The van der Waals surface area contributed by atoms with Crippen molar-refractivity contribution in [3.8, 4) is 0 Å². The molecule has 0 unspecified atom stereocenters. The van der Waals surface area contributed by atoms with E-state index in [2.05, 4.69) is 5.32 Å². The molecule has 0 saturated heterocycles. The zero-order chi connectivity index (χ0) is 14.1. The predicted octanol–water partition coefficient (Wildman–Crippen LogP) is 4.23. The zero-order valence-electron chi connectivity index (χ0n) is 10.7. The topological polar surface area (TPSA) is 29.1 Å². The van der Waals surface area contributed by atoms with Gasteiger partial charge in [0.1, 0.15) is 11.6 Å². The average Bonchev–Trinajstić information content (AvgIpc) is 2.42. The first-order chi connectivity index (χ1) is 9.63. The normalized spacial score (nSPS) is 14.0. The predicted molar refractivity (Wildman–Crippen MR) is 73.4 cm³/mol. The van der Waals surface area contributed by atoms with Gasteiger partial charge in [0.15, 0.2) is 5.78 Å². The van der Waals surface area contributed by atoms with Crippen LogP contribution in [-0.4, -0.2) is 5.78 Å². The number of carbonyl (C=O) groups excluding carboxylic acids is 1. The fourth-order valence-electron chi connectivity index (χ4n) is 2.47. The van der Waals surface area contributed by atoms with Crippen LogP contribution in [0, 0.1) is 11.6 Å². The van der Waals surface area contributed by atoms with Crippen LogP contribution in [0.5, 0.6) is 0 Å². The SMILES string of the molecule is O=C1CCCc2cc(Nc3ccc(F)cc3F)ccc21. The lowest BCUT2D eigenvalue weighted by Gasteiger charge is -2.16. The second-order valence-electron chi connectivity index (χ2n) is 4.90. The molecule has 4 heteroatoms. The number of halogens is 2. The Morgan fingerprint density at radius 3 is 2.65 bits per heavy atom. The number of hydrogen-bond donors (Lipinski definition) is 1. The number of aryl methyl sites for hydroxylation is 1. The second kappa shape index (κ2) is 5.04. The first kappa shape index (κ1) is 12.8. The molecule has 0 heterocycles. The molecule has 20 heavy (non-hydrogen) atoms. The maximum Gasteiger partial charge on any atom is 0.163 e. The van der Waals surface area contributed by atoms with Crippen LogP contribution in [0.15, 0.2) is 36.4 Å². The van der Waals surface area contributed by atoms with E-state index in [0.29, 0.717) is 12.1 Å². The molecule has 2 aromatic carbocycles. The fourth-order valence-corrected chi connectivity index (χ4v) is 2.47.